The Bertz CT molecular complexity index is 2980. The lowest BCUT2D eigenvalue weighted by Gasteiger charge is -2.21. The maximum atomic E-state index is 13.0. The fraction of sp³-hybridized carbons (Fsp3) is 0.660. The van der Waals surface area contributed by atoms with Gasteiger partial charge in [0, 0.05) is 19.3 Å². The van der Waals surface area contributed by atoms with E-state index in [-0.39, 0.29) is 19.3 Å². The number of phosphoric ester groups is 2. The third-order valence-electron chi connectivity index (χ3n) is 19.8. The van der Waals surface area contributed by atoms with Crippen molar-refractivity contribution >= 4 is 33.6 Å². The monoisotopic (exact) mass is 1730 g/mol. The Balaban J connectivity index is 4.55. The number of unbranched alkanes of at least 4 members (excludes halogenated alkanes) is 34. The average molecular weight is 1730 g/mol. The van der Waals surface area contributed by atoms with Gasteiger partial charge in [0.05, 0.1) is 26.4 Å². The van der Waals surface area contributed by atoms with Crippen LogP contribution in [0.5, 0.6) is 0 Å². The summed E-state index contributed by atoms with van der Waals surface area (Å²) in [5.74, 6) is -1.67. The van der Waals surface area contributed by atoms with Gasteiger partial charge in [-0.2, -0.15) is 0 Å². The van der Waals surface area contributed by atoms with Crippen LogP contribution in [0.1, 0.15) is 380 Å². The summed E-state index contributed by atoms with van der Waals surface area (Å²) in [7, 11) is -9.84. The number of phosphoric acid groups is 2. The zero-order valence-corrected chi connectivity index (χ0v) is 77.9. The summed E-state index contributed by atoms with van der Waals surface area (Å²) in [6, 6.07) is 0. The third kappa shape index (κ3) is 94.9. The van der Waals surface area contributed by atoms with Crippen molar-refractivity contribution in [2.45, 2.75) is 399 Å². The molecule has 0 aliphatic rings. The first-order valence-electron chi connectivity index (χ1n) is 47.7. The molecule has 0 heterocycles. The van der Waals surface area contributed by atoms with Crippen LogP contribution in [0.25, 0.3) is 0 Å². The Morgan fingerprint density at radius 1 is 0.240 bits per heavy atom. The second kappa shape index (κ2) is 93.5. The van der Waals surface area contributed by atoms with Gasteiger partial charge < -0.3 is 34.2 Å². The van der Waals surface area contributed by atoms with Crippen LogP contribution in [0, 0.1) is 0 Å². The first-order chi connectivity index (χ1) is 59.2. The fourth-order valence-electron chi connectivity index (χ4n) is 12.6. The molecule has 0 bridgehead atoms. The van der Waals surface area contributed by atoms with Crippen molar-refractivity contribution in [2.75, 3.05) is 39.6 Å². The van der Waals surface area contributed by atoms with Gasteiger partial charge in [0.1, 0.15) is 25.4 Å². The number of carbonyl (C=O) groups is 3. The number of rotatable bonds is 89. The molecule has 0 rings (SSSR count). The number of esters is 3. The van der Waals surface area contributed by atoms with Crippen LogP contribution in [0.2, 0.25) is 0 Å². The zero-order valence-electron chi connectivity index (χ0n) is 76.1. The van der Waals surface area contributed by atoms with E-state index in [1.165, 1.54) is 173 Å². The van der Waals surface area contributed by atoms with Crippen molar-refractivity contribution in [3.63, 3.8) is 0 Å². The summed E-state index contributed by atoms with van der Waals surface area (Å²) in [6.07, 6.45) is 125. The quantitative estimate of drug-likeness (QED) is 0.0146. The molecule has 121 heavy (non-hydrogen) atoms. The van der Waals surface area contributed by atoms with Crippen molar-refractivity contribution in [3.05, 3.63) is 194 Å². The predicted octanol–water partition coefficient (Wildman–Crippen LogP) is 29.8. The molecule has 0 fully saturated rings. The van der Waals surface area contributed by atoms with Gasteiger partial charge >= 0.3 is 33.6 Å². The number of allylic oxidation sites excluding steroid dienone is 32. The van der Waals surface area contributed by atoms with Crippen LogP contribution in [-0.4, -0.2) is 95.9 Å². The van der Waals surface area contributed by atoms with E-state index in [9.17, 15) is 43.5 Å². The van der Waals surface area contributed by atoms with Gasteiger partial charge in [-0.15, -0.1) is 0 Å². The molecule has 0 aromatic heterocycles. The SMILES string of the molecule is CC/C=C\C/C=C\C/C=C\C/C=C\C/C=C\C/C=C\CCCCCCCCCCCCCCC(=O)OCC(COP(=O)(O)OCC(O)COP(=O)(O)OCC(O)COC(=O)CCCCCCCCCCCCCCCCCCCCC/C=C\C/C=C\C/C=C\C/C=C\CCCCC)OC(=O)CC/C=C\C/C=C\C/C=C\C/C=C\C/C=C\C/C=C\CC. The highest BCUT2D eigenvalue weighted by atomic mass is 31.2. The average Bonchev–Trinajstić information content (AvgIpc) is 0.900. The summed E-state index contributed by atoms with van der Waals surface area (Å²) >= 11 is 0. The molecule has 0 aliphatic carbocycles. The van der Waals surface area contributed by atoms with E-state index in [2.05, 4.69) is 197 Å². The molecular weight excluding hydrogens is 1560 g/mol. The van der Waals surface area contributed by atoms with Crippen molar-refractivity contribution < 1.29 is 75.8 Å². The molecule has 0 spiro atoms. The minimum absolute atomic E-state index is 0.0266. The number of ether oxygens (including phenoxy) is 3. The molecule has 0 saturated heterocycles. The molecule has 0 aromatic rings. The van der Waals surface area contributed by atoms with Gasteiger partial charge in [-0.3, -0.25) is 32.5 Å². The molecule has 0 aromatic carbocycles. The molecule has 0 aliphatic heterocycles. The largest absolute Gasteiger partial charge is 0.472 e. The van der Waals surface area contributed by atoms with Crippen LogP contribution in [-0.2, 0) is 55.8 Å². The van der Waals surface area contributed by atoms with E-state index in [1.54, 1.807) is 0 Å². The molecule has 18 heteroatoms. The maximum absolute atomic E-state index is 13.0. The number of hydrogen-bond acceptors (Lipinski definition) is 14. The Labute approximate surface area is 737 Å². The first kappa shape index (κ1) is 115. The number of carbonyl (C=O) groups excluding carboxylic acids is 3. The Morgan fingerprint density at radius 2 is 0.455 bits per heavy atom. The van der Waals surface area contributed by atoms with Crippen molar-refractivity contribution in [1.82, 2.24) is 0 Å². The minimum Gasteiger partial charge on any atom is -0.463 e. The van der Waals surface area contributed by atoms with Crippen LogP contribution in [0.15, 0.2) is 194 Å². The van der Waals surface area contributed by atoms with E-state index in [1.807, 2.05) is 18.2 Å². The van der Waals surface area contributed by atoms with Gasteiger partial charge in [0.2, 0.25) is 0 Å². The molecule has 0 saturated carbocycles. The molecule has 16 nitrogen and oxygen atoms in total. The van der Waals surface area contributed by atoms with Crippen LogP contribution in [0.3, 0.4) is 0 Å². The van der Waals surface area contributed by atoms with E-state index in [0.29, 0.717) is 25.7 Å². The highest BCUT2D eigenvalue weighted by molar-refractivity contribution is 7.47. The van der Waals surface area contributed by atoms with Crippen molar-refractivity contribution in [2.24, 2.45) is 0 Å². The molecule has 0 radical (unpaired) electrons. The molecule has 5 unspecified atom stereocenters. The van der Waals surface area contributed by atoms with Crippen molar-refractivity contribution in [3.8, 4) is 0 Å². The van der Waals surface area contributed by atoms with E-state index in [0.717, 1.165) is 141 Å². The second-order valence-electron chi connectivity index (χ2n) is 31.4. The highest BCUT2D eigenvalue weighted by Gasteiger charge is 2.29. The van der Waals surface area contributed by atoms with E-state index >= 15 is 0 Å². The first-order valence-corrected chi connectivity index (χ1v) is 50.7. The maximum Gasteiger partial charge on any atom is 0.472 e. The Hall–Kier alpha value is -5.61. The fourth-order valence-corrected chi connectivity index (χ4v) is 14.2. The van der Waals surface area contributed by atoms with Gasteiger partial charge in [0.15, 0.2) is 6.10 Å². The summed E-state index contributed by atoms with van der Waals surface area (Å²) in [4.78, 5) is 59.0. The van der Waals surface area contributed by atoms with Gasteiger partial charge in [-0.1, -0.05) is 401 Å². The minimum atomic E-state index is -4.97. The van der Waals surface area contributed by atoms with Crippen molar-refractivity contribution in [1.29, 1.82) is 0 Å². The molecule has 0 amide bonds. The van der Waals surface area contributed by atoms with E-state index in [4.69, 9.17) is 32.3 Å². The lowest BCUT2D eigenvalue weighted by Crippen LogP contribution is -2.29. The zero-order chi connectivity index (χ0) is 87.9. The number of aliphatic hydroxyl groups is 2. The topological polar surface area (TPSA) is 231 Å². The third-order valence-corrected chi connectivity index (χ3v) is 21.7. The Morgan fingerprint density at radius 3 is 0.727 bits per heavy atom. The second-order valence-corrected chi connectivity index (χ2v) is 34.3. The number of aliphatic hydroxyl groups excluding tert-OH is 2. The Kier molecular flexibility index (Phi) is 89.2. The lowest BCUT2D eigenvalue weighted by atomic mass is 10.0. The molecule has 4 N–H and O–H groups in total. The van der Waals surface area contributed by atoms with Gasteiger partial charge in [-0.05, 0) is 154 Å². The summed E-state index contributed by atoms with van der Waals surface area (Å²) < 4.78 is 61.4. The van der Waals surface area contributed by atoms with Gasteiger partial charge in [0.25, 0.3) is 0 Å². The molecule has 5 atom stereocenters. The lowest BCUT2D eigenvalue weighted by molar-refractivity contribution is -0.161. The standard InChI is InChI=1S/C103H172O16P2/c1-4-7-10-13-16-19-22-25-28-31-34-36-38-40-42-44-46-47-48-49-51-53-54-56-58-60-63-65-68-71-74-77-80-83-86-89-101(106)113-92-98(104)93-115-120(109,110)116-94-99(105)95-117-121(111,112)118-97-100(119-103(108)91-88-85-82-79-76-73-70-67-62-33-30-27-24-21-18-15-12-9-6-3)96-114-102(107)90-87-84-81-78-75-72-69-66-64-61-59-57-55-52-50-45-43-41-39-37-35-32-29-26-23-20-17-14-11-8-5-2/h8-9,11-12,16-21,25-30,34-37,40-43,50,52,62,67,73,76,82,85,98-100,104-105H,4-7,10,13-15,22-24,31-33,38-39,44-49,51,53-61,63-66,68-72,74-75,77-81,83-84,86-97H2,1-3H3,(H,109,110)(H,111,112)/b11-8-,12-9-,19-16-,20-17-,21-18-,28-25-,29-26-,30-27-,36-34-,37-35-,42-40-,43-41-,52-50-,67-62-,76-73-,85-82-. The van der Waals surface area contributed by atoms with Crippen LogP contribution >= 0.6 is 15.6 Å². The van der Waals surface area contributed by atoms with E-state index < -0.39 is 91.5 Å². The van der Waals surface area contributed by atoms with Crippen LogP contribution in [0.4, 0.5) is 0 Å². The molecular formula is C103H172O16P2. The molecule has 690 valence electrons. The number of hydrogen-bond donors (Lipinski definition) is 4. The summed E-state index contributed by atoms with van der Waals surface area (Å²) in [6.45, 7) is 2.37. The predicted molar refractivity (Wildman–Crippen MR) is 509 cm³/mol. The summed E-state index contributed by atoms with van der Waals surface area (Å²) in [5, 5.41) is 20.7. The normalized spacial score (nSPS) is 14.6. The highest BCUT2D eigenvalue weighted by Crippen LogP contribution is 2.45. The smallest absolute Gasteiger partial charge is 0.463 e. The van der Waals surface area contributed by atoms with Crippen LogP contribution < -0.4 is 0 Å². The van der Waals surface area contributed by atoms with Gasteiger partial charge in [-0.25, -0.2) is 9.13 Å². The summed E-state index contributed by atoms with van der Waals surface area (Å²) in [5.41, 5.74) is 0.